The van der Waals surface area contributed by atoms with Gasteiger partial charge in [0, 0.05) is 18.5 Å². The molecule has 25 heavy (non-hydrogen) atoms. The Balaban J connectivity index is 1.75. The first-order chi connectivity index (χ1) is 11.7. The predicted molar refractivity (Wildman–Crippen MR) is 96.2 cm³/mol. The zero-order chi connectivity index (χ0) is 18.2. The van der Waals surface area contributed by atoms with Gasteiger partial charge in [0.25, 0.3) is 5.56 Å². The number of likely N-dealkylation sites (tertiary alicyclic amines) is 1. The molecule has 2 heterocycles. The van der Waals surface area contributed by atoms with Crippen molar-refractivity contribution in [2.45, 2.75) is 45.8 Å². The van der Waals surface area contributed by atoms with Crippen molar-refractivity contribution in [3.05, 3.63) is 40.9 Å². The second kappa shape index (κ2) is 6.26. The van der Waals surface area contributed by atoms with Crippen LogP contribution in [0.1, 0.15) is 33.6 Å². The maximum atomic E-state index is 12.6. The Bertz CT molecular complexity index is 843. The Morgan fingerprint density at radius 3 is 2.52 bits per heavy atom. The third-order valence-corrected chi connectivity index (χ3v) is 4.82. The number of piperidine rings is 1. The first kappa shape index (κ1) is 17.6. The van der Waals surface area contributed by atoms with Crippen LogP contribution in [0.3, 0.4) is 0 Å². The van der Waals surface area contributed by atoms with E-state index < -0.39 is 11.0 Å². The van der Waals surface area contributed by atoms with E-state index in [0.717, 1.165) is 0 Å². The van der Waals surface area contributed by atoms with E-state index >= 15 is 0 Å². The van der Waals surface area contributed by atoms with Gasteiger partial charge in [0.1, 0.15) is 0 Å². The molecule has 2 aromatic rings. The van der Waals surface area contributed by atoms with E-state index in [1.807, 2.05) is 26.8 Å². The molecule has 1 aromatic heterocycles. The van der Waals surface area contributed by atoms with Gasteiger partial charge in [-0.2, -0.15) is 0 Å². The highest BCUT2D eigenvalue weighted by Gasteiger charge is 2.37. The summed E-state index contributed by atoms with van der Waals surface area (Å²) in [5.41, 5.74) is -0.911. The molecule has 1 fully saturated rings. The zero-order valence-corrected chi connectivity index (χ0v) is 15.0. The van der Waals surface area contributed by atoms with Crippen LogP contribution >= 0.6 is 0 Å². The van der Waals surface area contributed by atoms with Crippen molar-refractivity contribution in [3.8, 4) is 0 Å². The van der Waals surface area contributed by atoms with Gasteiger partial charge in [0.15, 0.2) is 0 Å². The van der Waals surface area contributed by atoms with Crippen LogP contribution in [-0.4, -0.2) is 44.2 Å². The highest BCUT2D eigenvalue weighted by molar-refractivity contribution is 5.81. The number of benzene rings is 1. The molecule has 134 valence electrons. The van der Waals surface area contributed by atoms with E-state index in [4.69, 9.17) is 0 Å². The van der Waals surface area contributed by atoms with Crippen LogP contribution in [-0.2, 0) is 11.3 Å². The molecule has 0 aliphatic carbocycles. The van der Waals surface area contributed by atoms with Gasteiger partial charge in [-0.3, -0.25) is 14.2 Å². The van der Waals surface area contributed by atoms with Gasteiger partial charge < -0.3 is 10.0 Å². The van der Waals surface area contributed by atoms with Crippen LogP contribution in [0.15, 0.2) is 35.4 Å². The number of carbonyl (C=O) groups is 1. The minimum absolute atomic E-state index is 0.0964. The second-order valence-electron chi connectivity index (χ2n) is 7.96. The van der Waals surface area contributed by atoms with E-state index in [1.54, 1.807) is 23.1 Å². The Labute approximate surface area is 147 Å². The molecule has 0 spiro atoms. The van der Waals surface area contributed by atoms with Crippen LogP contribution < -0.4 is 5.56 Å². The first-order valence-electron chi connectivity index (χ1n) is 8.66. The number of carbonyl (C=O) groups excluding carboxylic acids is 1. The van der Waals surface area contributed by atoms with E-state index in [0.29, 0.717) is 36.8 Å². The highest BCUT2D eigenvalue weighted by atomic mass is 16.3. The summed E-state index contributed by atoms with van der Waals surface area (Å²) in [6, 6.07) is 7.19. The average molecular weight is 343 g/mol. The highest BCUT2D eigenvalue weighted by Crippen LogP contribution is 2.27. The van der Waals surface area contributed by atoms with Gasteiger partial charge >= 0.3 is 0 Å². The summed E-state index contributed by atoms with van der Waals surface area (Å²) in [4.78, 5) is 31.1. The predicted octanol–water partition coefficient (Wildman–Crippen LogP) is 1.80. The molecule has 1 N–H and O–H groups in total. The minimum Gasteiger partial charge on any atom is -0.388 e. The Hall–Kier alpha value is -2.21. The lowest BCUT2D eigenvalue weighted by atomic mass is 9.88. The van der Waals surface area contributed by atoms with E-state index in [2.05, 4.69) is 4.98 Å². The lowest BCUT2D eigenvalue weighted by Crippen LogP contribution is -2.51. The minimum atomic E-state index is -0.997. The average Bonchev–Trinajstić information content (AvgIpc) is 2.57. The van der Waals surface area contributed by atoms with Crippen molar-refractivity contribution in [3.63, 3.8) is 0 Å². The van der Waals surface area contributed by atoms with Crippen molar-refractivity contribution in [2.24, 2.45) is 5.41 Å². The lowest BCUT2D eigenvalue weighted by Gasteiger charge is -2.40. The standard InChI is InChI=1S/C19H25N3O3/c1-18(2,3)17(24)21-10-8-19(25,9-11-21)12-22-13-20-15-7-5-4-6-14(15)16(22)23/h4-7,13,25H,8-12H2,1-3H3. The normalized spacial score (nSPS) is 17.7. The number of aliphatic hydroxyl groups is 1. The summed E-state index contributed by atoms with van der Waals surface area (Å²) in [5.74, 6) is 0.0964. The molecule has 0 atom stereocenters. The van der Waals surface area contributed by atoms with Gasteiger partial charge in [-0.1, -0.05) is 32.9 Å². The molecule has 0 radical (unpaired) electrons. The smallest absolute Gasteiger partial charge is 0.261 e. The Morgan fingerprint density at radius 2 is 1.88 bits per heavy atom. The summed E-state index contributed by atoms with van der Waals surface area (Å²) in [5, 5.41) is 11.4. The van der Waals surface area contributed by atoms with Crippen LogP contribution in [0.2, 0.25) is 0 Å². The third-order valence-electron chi connectivity index (χ3n) is 4.82. The summed E-state index contributed by atoms with van der Waals surface area (Å²) in [6.45, 7) is 6.90. The monoisotopic (exact) mass is 343 g/mol. The van der Waals surface area contributed by atoms with Gasteiger partial charge in [-0.25, -0.2) is 4.98 Å². The van der Waals surface area contributed by atoms with Gasteiger partial charge in [-0.15, -0.1) is 0 Å². The molecule has 1 aliphatic heterocycles. The summed E-state index contributed by atoms with van der Waals surface area (Å²) < 4.78 is 1.48. The van der Waals surface area contributed by atoms with Gasteiger partial charge in [0.05, 0.1) is 29.4 Å². The molecule has 1 saturated heterocycles. The van der Waals surface area contributed by atoms with Crippen molar-refractivity contribution in [2.75, 3.05) is 13.1 Å². The molecule has 0 bridgehead atoms. The number of amides is 1. The largest absolute Gasteiger partial charge is 0.388 e. The number of fused-ring (bicyclic) bond motifs is 1. The van der Waals surface area contributed by atoms with Crippen molar-refractivity contribution in [1.82, 2.24) is 14.5 Å². The molecule has 6 heteroatoms. The van der Waals surface area contributed by atoms with E-state index in [-0.39, 0.29) is 18.0 Å². The number of aromatic nitrogens is 2. The maximum Gasteiger partial charge on any atom is 0.261 e. The molecular weight excluding hydrogens is 318 g/mol. The van der Waals surface area contributed by atoms with Crippen LogP contribution in [0.25, 0.3) is 10.9 Å². The fourth-order valence-corrected chi connectivity index (χ4v) is 3.29. The summed E-state index contributed by atoms with van der Waals surface area (Å²) in [7, 11) is 0. The topological polar surface area (TPSA) is 75.4 Å². The molecule has 6 nitrogen and oxygen atoms in total. The van der Waals surface area contributed by atoms with E-state index in [1.165, 1.54) is 10.9 Å². The molecule has 0 unspecified atom stereocenters. The fourth-order valence-electron chi connectivity index (χ4n) is 3.29. The summed E-state index contributed by atoms with van der Waals surface area (Å²) in [6.07, 6.45) is 2.40. The fraction of sp³-hybridized carbons (Fsp3) is 0.526. The number of para-hydroxylation sites is 1. The molecular formula is C19H25N3O3. The van der Waals surface area contributed by atoms with Crippen molar-refractivity contribution in [1.29, 1.82) is 0 Å². The Kier molecular flexibility index (Phi) is 4.41. The SMILES string of the molecule is CC(C)(C)C(=O)N1CCC(O)(Cn2cnc3ccccc3c2=O)CC1. The lowest BCUT2D eigenvalue weighted by molar-refractivity contribution is -0.144. The van der Waals surface area contributed by atoms with Crippen LogP contribution in [0, 0.1) is 5.41 Å². The molecule has 0 saturated carbocycles. The van der Waals surface area contributed by atoms with Gasteiger partial charge in [-0.05, 0) is 25.0 Å². The maximum absolute atomic E-state index is 12.6. The zero-order valence-electron chi connectivity index (χ0n) is 15.0. The van der Waals surface area contributed by atoms with Crippen molar-refractivity contribution >= 4 is 16.8 Å². The number of rotatable bonds is 2. The molecule has 1 aliphatic rings. The van der Waals surface area contributed by atoms with Crippen molar-refractivity contribution < 1.29 is 9.90 Å². The molecule has 3 rings (SSSR count). The second-order valence-corrected chi connectivity index (χ2v) is 7.96. The Morgan fingerprint density at radius 1 is 1.24 bits per heavy atom. The summed E-state index contributed by atoms with van der Waals surface area (Å²) >= 11 is 0. The third kappa shape index (κ3) is 3.58. The first-order valence-corrected chi connectivity index (χ1v) is 8.66. The van der Waals surface area contributed by atoms with Crippen LogP contribution in [0.5, 0.6) is 0 Å². The van der Waals surface area contributed by atoms with Crippen LogP contribution in [0.4, 0.5) is 0 Å². The number of hydrogen-bond donors (Lipinski definition) is 1. The molecule has 1 aromatic carbocycles. The molecule has 1 amide bonds. The number of nitrogens with zero attached hydrogens (tertiary/aromatic N) is 3. The van der Waals surface area contributed by atoms with E-state index in [9.17, 15) is 14.7 Å². The van der Waals surface area contributed by atoms with Gasteiger partial charge in [0.2, 0.25) is 5.91 Å². The number of hydrogen-bond acceptors (Lipinski definition) is 4. The quantitative estimate of drug-likeness (QED) is 0.902.